The molecular weight excluding hydrogens is 893 g/mol. The van der Waals surface area contributed by atoms with Crippen molar-refractivity contribution in [2.45, 2.75) is 52.2 Å². The van der Waals surface area contributed by atoms with Crippen LogP contribution in [0.15, 0.2) is 177 Å². The van der Waals surface area contributed by atoms with Crippen LogP contribution in [0.1, 0.15) is 48.7 Å². The topological polar surface area (TPSA) is 197 Å². The zero-order valence-electron chi connectivity index (χ0n) is 35.3. The lowest BCUT2D eigenvalue weighted by Crippen LogP contribution is -2.15. The highest BCUT2D eigenvalue weighted by Gasteiger charge is 2.24. The zero-order chi connectivity index (χ0) is 46.7. The molecule has 0 atom stereocenters. The Morgan fingerprint density at radius 1 is 0.492 bits per heavy atom. The smallest absolute Gasteiger partial charge is 0.298 e. The van der Waals surface area contributed by atoms with Crippen molar-refractivity contribution in [1.82, 2.24) is 0 Å². The van der Waals surface area contributed by atoms with Crippen LogP contribution < -0.4 is 18.9 Å². The van der Waals surface area contributed by atoms with Crippen LogP contribution in [0, 0.1) is 0 Å². The minimum Gasteiger partial charge on any atom is -0.497 e. The van der Waals surface area contributed by atoms with Crippen LogP contribution in [0.5, 0.6) is 40.2 Å². The average molecular weight is 935 g/mol. The highest BCUT2D eigenvalue weighted by atomic mass is 32.2. The molecule has 0 unspecified atom stereocenters. The molecule has 0 spiro atoms. The predicted octanol–water partition coefficient (Wildman–Crippen LogP) is 11.0. The molecule has 0 fully saturated rings. The minimum absolute atomic E-state index is 0.0256. The van der Waals surface area contributed by atoms with E-state index in [1.54, 1.807) is 79.9 Å². The van der Waals surface area contributed by atoms with E-state index in [1.165, 1.54) is 72.8 Å². The van der Waals surface area contributed by atoms with E-state index in [9.17, 15) is 39.2 Å². The summed E-state index contributed by atoms with van der Waals surface area (Å²) in [5, 5.41) is 0. The van der Waals surface area contributed by atoms with Crippen LogP contribution >= 0.6 is 0 Å². The number of methoxy groups -OCH3 is 1. The van der Waals surface area contributed by atoms with Gasteiger partial charge in [0.2, 0.25) is 9.84 Å². The monoisotopic (exact) mass is 934 g/mol. The summed E-state index contributed by atoms with van der Waals surface area (Å²) in [6.07, 6.45) is 0.868. The molecule has 65 heavy (non-hydrogen) atoms. The summed E-state index contributed by atoms with van der Waals surface area (Å²) < 4.78 is 120. The van der Waals surface area contributed by atoms with Gasteiger partial charge in [0.15, 0.2) is 5.78 Å². The first kappa shape index (κ1) is 46.2. The second kappa shape index (κ2) is 18.3. The van der Waals surface area contributed by atoms with Gasteiger partial charge in [0.25, 0.3) is 20.2 Å². The summed E-state index contributed by atoms with van der Waals surface area (Å²) in [6.45, 7) is 6.20. The molecule has 0 saturated heterocycles. The van der Waals surface area contributed by atoms with E-state index >= 15 is 0 Å². The Bertz CT molecular complexity index is 3200. The van der Waals surface area contributed by atoms with E-state index in [0.29, 0.717) is 28.4 Å². The summed E-state index contributed by atoms with van der Waals surface area (Å²) in [7, 11) is -12.2. The van der Waals surface area contributed by atoms with E-state index in [4.69, 9.17) is 18.9 Å². The van der Waals surface area contributed by atoms with Gasteiger partial charge < -0.3 is 18.9 Å². The molecule has 0 aliphatic carbocycles. The summed E-state index contributed by atoms with van der Waals surface area (Å²) in [4.78, 5) is 12.0. The van der Waals surface area contributed by atoms with Gasteiger partial charge in [0.1, 0.15) is 50.0 Å². The molecule has 0 saturated carbocycles. The first-order valence-corrected chi connectivity index (χ1v) is 24.2. The van der Waals surface area contributed by atoms with E-state index in [0.717, 1.165) is 24.1 Å². The van der Waals surface area contributed by atoms with Crippen LogP contribution in [0.25, 0.3) is 11.1 Å². The molecule has 2 N–H and O–H groups in total. The van der Waals surface area contributed by atoms with Crippen molar-refractivity contribution in [3.63, 3.8) is 0 Å². The van der Waals surface area contributed by atoms with Gasteiger partial charge in [0, 0.05) is 11.1 Å². The SMILES string of the molecule is CCC(C)(C)c1ccc(S(=O)(=O)c2ccc(Oc3ccc(-c4ccc(Oc5ccc(C(=O)c6ccc(Oc7ccc(OC)cc7)cc6)cc5)c(S(=O)(=O)O)c4)cc3S(=O)(=O)O)cc2)cc1. The van der Waals surface area contributed by atoms with Crippen molar-refractivity contribution in [2.24, 2.45) is 0 Å². The van der Waals surface area contributed by atoms with Gasteiger partial charge in [-0.05, 0) is 162 Å². The number of benzene rings is 7. The fraction of sp³-hybridized carbons (Fsp3) is 0.122. The Balaban J connectivity index is 1.06. The van der Waals surface area contributed by atoms with Gasteiger partial charge in [-0.3, -0.25) is 13.9 Å². The number of carbonyl (C=O) groups is 1. The van der Waals surface area contributed by atoms with Crippen molar-refractivity contribution in [3.8, 4) is 51.4 Å². The Morgan fingerprint density at radius 2 is 0.846 bits per heavy atom. The largest absolute Gasteiger partial charge is 0.497 e. The molecule has 0 heterocycles. The molecule has 0 radical (unpaired) electrons. The van der Waals surface area contributed by atoms with Crippen LogP contribution in [0.3, 0.4) is 0 Å². The van der Waals surface area contributed by atoms with Crippen molar-refractivity contribution < 1.29 is 58.1 Å². The lowest BCUT2D eigenvalue weighted by molar-refractivity contribution is 0.103. The van der Waals surface area contributed by atoms with Gasteiger partial charge in [-0.1, -0.05) is 45.0 Å². The molecule has 0 amide bonds. The quantitative estimate of drug-likeness (QED) is 0.0686. The van der Waals surface area contributed by atoms with Gasteiger partial charge >= 0.3 is 0 Å². The molecule has 0 aliphatic heterocycles. The number of carbonyl (C=O) groups excluding carboxylic acids is 1. The second-order valence-electron chi connectivity index (χ2n) is 15.4. The highest BCUT2D eigenvalue weighted by Crippen LogP contribution is 2.38. The van der Waals surface area contributed by atoms with Gasteiger partial charge in [-0.15, -0.1) is 0 Å². The molecule has 7 aromatic rings. The van der Waals surface area contributed by atoms with Gasteiger partial charge in [-0.2, -0.15) is 16.8 Å². The molecule has 334 valence electrons. The highest BCUT2D eigenvalue weighted by molar-refractivity contribution is 7.91. The molecule has 0 aliphatic rings. The lowest BCUT2D eigenvalue weighted by Gasteiger charge is -2.23. The number of hydrogen-bond acceptors (Lipinski definition) is 11. The number of ether oxygens (including phenoxy) is 4. The van der Waals surface area contributed by atoms with E-state index < -0.39 is 39.9 Å². The number of sulfone groups is 1. The Labute approximate surface area is 377 Å². The van der Waals surface area contributed by atoms with Crippen molar-refractivity contribution >= 4 is 35.9 Å². The first-order valence-electron chi connectivity index (χ1n) is 19.9. The summed E-state index contributed by atoms with van der Waals surface area (Å²) in [5.74, 6) is 1.09. The van der Waals surface area contributed by atoms with Crippen molar-refractivity contribution in [1.29, 1.82) is 0 Å². The Kier molecular flexibility index (Phi) is 13.0. The lowest BCUT2D eigenvalue weighted by atomic mass is 9.82. The Morgan fingerprint density at radius 3 is 1.23 bits per heavy atom. The second-order valence-corrected chi connectivity index (χ2v) is 20.1. The van der Waals surface area contributed by atoms with Crippen LogP contribution in [-0.4, -0.2) is 47.3 Å². The average Bonchev–Trinajstić information content (AvgIpc) is 3.29. The van der Waals surface area contributed by atoms with Crippen LogP contribution in [-0.2, 0) is 35.5 Å². The van der Waals surface area contributed by atoms with Gasteiger partial charge in [0.05, 0.1) is 16.9 Å². The maximum Gasteiger partial charge on any atom is 0.298 e. The number of ketones is 1. The number of rotatable bonds is 16. The third-order valence-corrected chi connectivity index (χ3v) is 14.3. The molecule has 13 nitrogen and oxygen atoms in total. The molecule has 0 bridgehead atoms. The summed E-state index contributed by atoms with van der Waals surface area (Å²) >= 11 is 0. The molecule has 16 heteroatoms. The molecule has 0 aromatic heterocycles. The van der Waals surface area contributed by atoms with Gasteiger partial charge in [-0.25, -0.2) is 8.42 Å². The fourth-order valence-electron chi connectivity index (χ4n) is 6.61. The molecular formula is C49H42O13S3. The third kappa shape index (κ3) is 10.6. The predicted molar refractivity (Wildman–Crippen MR) is 243 cm³/mol. The molecule has 7 rings (SSSR count). The normalized spacial score (nSPS) is 12.0. The summed E-state index contributed by atoms with van der Waals surface area (Å²) in [6, 6.07) is 38.9. The fourth-order valence-corrected chi connectivity index (χ4v) is 9.15. The third-order valence-electron chi connectivity index (χ3n) is 10.7. The van der Waals surface area contributed by atoms with Crippen molar-refractivity contribution in [3.05, 3.63) is 174 Å². The summed E-state index contributed by atoms with van der Waals surface area (Å²) in [5.41, 5.74) is 1.80. The van der Waals surface area contributed by atoms with Crippen LogP contribution in [0.4, 0.5) is 0 Å². The Hall–Kier alpha value is -6.82. The first-order chi connectivity index (χ1) is 30.7. The van der Waals surface area contributed by atoms with E-state index in [-0.39, 0.29) is 55.1 Å². The number of hydrogen-bond donors (Lipinski definition) is 2. The van der Waals surface area contributed by atoms with Crippen LogP contribution in [0.2, 0.25) is 0 Å². The maximum atomic E-state index is 13.4. The van der Waals surface area contributed by atoms with E-state index in [2.05, 4.69) is 20.8 Å². The zero-order valence-corrected chi connectivity index (χ0v) is 37.8. The minimum atomic E-state index is -4.94. The molecule has 7 aromatic carbocycles. The van der Waals surface area contributed by atoms with E-state index in [1.807, 2.05) is 0 Å². The van der Waals surface area contributed by atoms with Crippen molar-refractivity contribution in [2.75, 3.05) is 7.11 Å². The maximum absolute atomic E-state index is 13.4. The standard InChI is InChI=1S/C49H42O13S3/c1-5-49(2,3)36-12-24-42(25-13-36)63(51,52)43-26-22-41(23-27-43)62-45-29-11-35(31-47(45)65(56,57)58)34-10-28-44(46(30-34)64(53,54)55)61-40-16-8-33(9-17-40)48(50)32-6-14-38(15-7-32)60-39-20-18-37(59-4)19-21-39/h6-31H,5H2,1-4H3,(H,53,54,55)(H,56,57,58).